The number of benzene rings is 2. The molecule has 1 aliphatic rings. The van der Waals surface area contributed by atoms with Crippen LogP contribution in [0.1, 0.15) is 16.7 Å². The Morgan fingerprint density at radius 3 is 2.20 bits per heavy atom. The van der Waals surface area contributed by atoms with E-state index in [0.29, 0.717) is 9.23 Å². The van der Waals surface area contributed by atoms with E-state index >= 15 is 0 Å². The fourth-order valence-electron chi connectivity index (χ4n) is 2.84. The highest BCUT2D eigenvalue weighted by Gasteiger charge is 2.34. The molecule has 0 spiro atoms. The Morgan fingerprint density at radius 2 is 1.64 bits per heavy atom. The second-order valence-electron chi connectivity index (χ2n) is 6.24. The van der Waals surface area contributed by atoms with Crippen LogP contribution in [0.25, 0.3) is 6.08 Å². The number of hydrogen-bond acceptors (Lipinski definition) is 4. The number of thiocarbonyl (C=S) groups is 1. The highest BCUT2D eigenvalue weighted by atomic mass is 32.2. The van der Waals surface area contributed by atoms with Crippen molar-refractivity contribution in [3.05, 3.63) is 64.1 Å². The standard InChI is InChI=1S/C20H20N2OS2/c1-13-6-5-7-14(2)18(13)22-19(23)17(25-20(22)24)12-15-8-10-16(11-9-15)21(3)4/h5-12H,1-4H3/b17-12-. The van der Waals surface area contributed by atoms with Crippen molar-refractivity contribution < 1.29 is 4.79 Å². The molecule has 0 bridgehead atoms. The number of anilines is 2. The van der Waals surface area contributed by atoms with Gasteiger partial charge in [-0.3, -0.25) is 9.69 Å². The lowest BCUT2D eigenvalue weighted by Gasteiger charge is -2.19. The lowest BCUT2D eigenvalue weighted by atomic mass is 10.1. The second kappa shape index (κ2) is 7.02. The first-order valence-electron chi connectivity index (χ1n) is 8.00. The first-order chi connectivity index (χ1) is 11.9. The van der Waals surface area contributed by atoms with E-state index in [1.807, 2.05) is 81.4 Å². The highest BCUT2D eigenvalue weighted by Crippen LogP contribution is 2.38. The molecule has 1 saturated heterocycles. The molecule has 0 aliphatic carbocycles. The van der Waals surface area contributed by atoms with Crippen molar-refractivity contribution in [2.45, 2.75) is 13.8 Å². The summed E-state index contributed by atoms with van der Waals surface area (Å²) in [5.41, 5.74) is 5.12. The molecular weight excluding hydrogens is 348 g/mol. The molecule has 0 unspecified atom stereocenters. The molecule has 2 aromatic carbocycles. The molecule has 0 saturated carbocycles. The van der Waals surface area contributed by atoms with Crippen molar-refractivity contribution in [2.75, 3.05) is 23.9 Å². The predicted molar refractivity (Wildman–Crippen MR) is 112 cm³/mol. The third-order valence-corrected chi connectivity index (χ3v) is 5.47. The zero-order valence-corrected chi connectivity index (χ0v) is 16.4. The van der Waals surface area contributed by atoms with Gasteiger partial charge >= 0.3 is 0 Å². The molecule has 0 aromatic heterocycles. The minimum Gasteiger partial charge on any atom is -0.378 e. The number of carbonyl (C=O) groups is 1. The van der Waals surface area contributed by atoms with E-state index in [1.165, 1.54) is 11.8 Å². The first-order valence-corrected chi connectivity index (χ1v) is 9.22. The van der Waals surface area contributed by atoms with Crippen LogP contribution >= 0.6 is 24.0 Å². The van der Waals surface area contributed by atoms with Crippen LogP contribution in [0, 0.1) is 13.8 Å². The highest BCUT2D eigenvalue weighted by molar-refractivity contribution is 8.27. The summed E-state index contributed by atoms with van der Waals surface area (Å²) in [7, 11) is 4.01. The Hall–Kier alpha value is -2.11. The largest absolute Gasteiger partial charge is 0.378 e. The molecule has 3 rings (SSSR count). The van der Waals surface area contributed by atoms with Gasteiger partial charge < -0.3 is 4.90 Å². The average molecular weight is 369 g/mol. The normalized spacial score (nSPS) is 16.0. The van der Waals surface area contributed by atoms with Crippen LogP contribution in [0.2, 0.25) is 0 Å². The fourth-order valence-corrected chi connectivity index (χ4v) is 4.11. The summed E-state index contributed by atoms with van der Waals surface area (Å²) in [6.07, 6.45) is 1.91. The van der Waals surface area contributed by atoms with Gasteiger partial charge in [0.2, 0.25) is 0 Å². The third-order valence-electron chi connectivity index (χ3n) is 4.16. The number of para-hydroxylation sites is 1. The van der Waals surface area contributed by atoms with E-state index in [1.54, 1.807) is 4.90 Å². The number of rotatable bonds is 3. The molecule has 3 nitrogen and oxygen atoms in total. The monoisotopic (exact) mass is 368 g/mol. The van der Waals surface area contributed by atoms with E-state index in [0.717, 1.165) is 28.1 Å². The zero-order chi connectivity index (χ0) is 18.1. The van der Waals surface area contributed by atoms with Crippen LogP contribution in [0.4, 0.5) is 11.4 Å². The zero-order valence-electron chi connectivity index (χ0n) is 14.7. The van der Waals surface area contributed by atoms with Crippen LogP contribution in [0.5, 0.6) is 0 Å². The molecule has 1 amide bonds. The number of hydrogen-bond donors (Lipinski definition) is 0. The average Bonchev–Trinajstić information content (AvgIpc) is 2.83. The van der Waals surface area contributed by atoms with Gasteiger partial charge in [-0.05, 0) is 48.7 Å². The van der Waals surface area contributed by atoms with Crippen LogP contribution < -0.4 is 9.80 Å². The Morgan fingerprint density at radius 1 is 1.04 bits per heavy atom. The maximum Gasteiger partial charge on any atom is 0.270 e. The first kappa shape index (κ1) is 17.7. The van der Waals surface area contributed by atoms with E-state index in [2.05, 4.69) is 0 Å². The molecule has 1 heterocycles. The van der Waals surface area contributed by atoms with Gasteiger partial charge in [0, 0.05) is 19.8 Å². The molecule has 0 N–H and O–H groups in total. The van der Waals surface area contributed by atoms with E-state index < -0.39 is 0 Å². The molecule has 2 aromatic rings. The van der Waals surface area contributed by atoms with Crippen molar-refractivity contribution in [1.82, 2.24) is 0 Å². The van der Waals surface area contributed by atoms with Gasteiger partial charge in [-0.25, -0.2) is 0 Å². The molecule has 5 heteroatoms. The second-order valence-corrected chi connectivity index (χ2v) is 7.92. The van der Waals surface area contributed by atoms with Gasteiger partial charge in [0.15, 0.2) is 4.32 Å². The van der Waals surface area contributed by atoms with Crippen LogP contribution in [0.15, 0.2) is 47.4 Å². The van der Waals surface area contributed by atoms with E-state index in [9.17, 15) is 4.79 Å². The van der Waals surface area contributed by atoms with Gasteiger partial charge in [0.25, 0.3) is 5.91 Å². The minimum atomic E-state index is -0.0518. The fraction of sp³-hybridized carbons (Fsp3) is 0.200. The number of carbonyl (C=O) groups excluding carboxylic acids is 1. The maximum absolute atomic E-state index is 12.9. The quantitative estimate of drug-likeness (QED) is 0.575. The van der Waals surface area contributed by atoms with Crippen molar-refractivity contribution in [3.8, 4) is 0 Å². The summed E-state index contributed by atoms with van der Waals surface area (Å²) < 4.78 is 0.582. The molecule has 0 atom stereocenters. The number of aryl methyl sites for hydroxylation is 2. The number of nitrogens with zero attached hydrogens (tertiary/aromatic N) is 2. The van der Waals surface area contributed by atoms with Gasteiger partial charge in [0.05, 0.1) is 10.6 Å². The molecular formula is C20H20N2OS2. The topological polar surface area (TPSA) is 23.6 Å². The van der Waals surface area contributed by atoms with Crippen LogP contribution in [0.3, 0.4) is 0 Å². The Bertz CT molecular complexity index is 850. The summed E-state index contributed by atoms with van der Waals surface area (Å²) in [6.45, 7) is 4.01. The van der Waals surface area contributed by atoms with E-state index in [-0.39, 0.29) is 5.91 Å². The van der Waals surface area contributed by atoms with Crippen molar-refractivity contribution in [2.24, 2.45) is 0 Å². The van der Waals surface area contributed by atoms with Gasteiger partial charge in [-0.15, -0.1) is 0 Å². The van der Waals surface area contributed by atoms with Crippen molar-refractivity contribution >= 4 is 51.7 Å². The Labute approximate surface area is 158 Å². The molecule has 0 radical (unpaired) electrons. The third kappa shape index (κ3) is 3.48. The number of amides is 1. The van der Waals surface area contributed by atoms with Gasteiger partial charge in [0.1, 0.15) is 0 Å². The molecule has 1 fully saturated rings. The summed E-state index contributed by atoms with van der Waals surface area (Å²) in [5.74, 6) is -0.0518. The summed E-state index contributed by atoms with van der Waals surface area (Å²) in [4.78, 5) is 17.3. The van der Waals surface area contributed by atoms with Crippen molar-refractivity contribution in [1.29, 1.82) is 0 Å². The molecule has 1 aliphatic heterocycles. The van der Waals surface area contributed by atoms with E-state index in [4.69, 9.17) is 12.2 Å². The predicted octanol–water partition coefficient (Wildman–Crippen LogP) is 4.78. The summed E-state index contributed by atoms with van der Waals surface area (Å²) >= 11 is 6.85. The summed E-state index contributed by atoms with van der Waals surface area (Å²) in [6, 6.07) is 14.1. The Kier molecular flexibility index (Phi) is 4.97. The molecule has 128 valence electrons. The van der Waals surface area contributed by atoms with Crippen LogP contribution in [-0.2, 0) is 4.79 Å². The summed E-state index contributed by atoms with van der Waals surface area (Å²) in [5, 5.41) is 0. The maximum atomic E-state index is 12.9. The van der Waals surface area contributed by atoms with Gasteiger partial charge in [-0.2, -0.15) is 0 Å². The Balaban J connectivity index is 1.93. The smallest absolute Gasteiger partial charge is 0.270 e. The molecule has 25 heavy (non-hydrogen) atoms. The van der Waals surface area contributed by atoms with Gasteiger partial charge in [-0.1, -0.05) is 54.3 Å². The van der Waals surface area contributed by atoms with Crippen LogP contribution in [-0.4, -0.2) is 24.3 Å². The lowest BCUT2D eigenvalue weighted by Crippen LogP contribution is -2.29. The lowest BCUT2D eigenvalue weighted by molar-refractivity contribution is -0.113. The number of thioether (sulfide) groups is 1. The minimum absolute atomic E-state index is 0.0518. The van der Waals surface area contributed by atoms with Crippen molar-refractivity contribution in [3.63, 3.8) is 0 Å². The SMILES string of the molecule is Cc1cccc(C)c1N1C(=O)/C(=C/c2ccc(N(C)C)cc2)SC1=S.